The van der Waals surface area contributed by atoms with Crippen LogP contribution in [0, 0.1) is 5.92 Å². The lowest BCUT2D eigenvalue weighted by atomic mass is 10.00. The van der Waals surface area contributed by atoms with Crippen LogP contribution in [-0.4, -0.2) is 24.4 Å². The van der Waals surface area contributed by atoms with Crippen molar-refractivity contribution >= 4 is 17.5 Å². The third-order valence-corrected chi connectivity index (χ3v) is 5.14. The van der Waals surface area contributed by atoms with E-state index in [9.17, 15) is 9.59 Å². The minimum atomic E-state index is -0.110. The first kappa shape index (κ1) is 19.1. The summed E-state index contributed by atoms with van der Waals surface area (Å²) >= 11 is 0. The van der Waals surface area contributed by atoms with Gasteiger partial charge in [-0.1, -0.05) is 36.8 Å². The van der Waals surface area contributed by atoms with Gasteiger partial charge in [-0.25, -0.2) is 0 Å². The van der Waals surface area contributed by atoms with Crippen LogP contribution in [0.2, 0.25) is 0 Å². The smallest absolute Gasteiger partial charge is 0.251 e. The summed E-state index contributed by atoms with van der Waals surface area (Å²) in [6.45, 7) is 0.586. The van der Waals surface area contributed by atoms with Crippen LogP contribution >= 0.6 is 0 Å². The van der Waals surface area contributed by atoms with Crippen LogP contribution in [0.3, 0.4) is 0 Å². The molecule has 0 radical (unpaired) electrons. The molecule has 27 heavy (non-hydrogen) atoms. The van der Waals surface area contributed by atoms with Gasteiger partial charge in [0.15, 0.2) is 0 Å². The maximum Gasteiger partial charge on any atom is 0.251 e. The number of hydrogen-bond donors (Lipinski definition) is 3. The number of carbonyl (C=O) groups is 2. The van der Waals surface area contributed by atoms with Gasteiger partial charge in [-0.05, 0) is 55.0 Å². The molecule has 2 aromatic rings. The van der Waals surface area contributed by atoms with E-state index in [1.807, 2.05) is 30.3 Å². The number of amides is 2. The Morgan fingerprint density at radius 2 is 1.74 bits per heavy atom. The topological polar surface area (TPSA) is 84.2 Å². The number of rotatable bonds is 7. The monoisotopic (exact) mass is 365 g/mol. The van der Waals surface area contributed by atoms with Crippen LogP contribution in [0.15, 0.2) is 54.6 Å². The van der Waals surface area contributed by atoms with Gasteiger partial charge >= 0.3 is 0 Å². The zero-order valence-electron chi connectivity index (χ0n) is 15.5. The molecule has 142 valence electrons. The van der Waals surface area contributed by atoms with Gasteiger partial charge in [-0.15, -0.1) is 0 Å². The van der Waals surface area contributed by atoms with E-state index in [2.05, 4.69) is 10.6 Å². The fourth-order valence-electron chi connectivity index (χ4n) is 3.54. The van der Waals surface area contributed by atoms with Crippen molar-refractivity contribution in [3.63, 3.8) is 0 Å². The first-order valence-corrected chi connectivity index (χ1v) is 9.59. The highest BCUT2D eigenvalue weighted by molar-refractivity contribution is 5.95. The number of nitrogens with two attached hydrogens (primary N) is 1. The van der Waals surface area contributed by atoms with Gasteiger partial charge in [0.05, 0.1) is 0 Å². The van der Waals surface area contributed by atoms with Crippen molar-refractivity contribution in [2.24, 2.45) is 11.7 Å². The first-order valence-electron chi connectivity index (χ1n) is 9.59. The average molecular weight is 365 g/mol. The molecule has 1 aliphatic carbocycles. The van der Waals surface area contributed by atoms with Crippen LogP contribution < -0.4 is 16.4 Å². The molecule has 0 aliphatic heterocycles. The second-order valence-electron chi connectivity index (χ2n) is 7.18. The van der Waals surface area contributed by atoms with Crippen LogP contribution in [0.1, 0.15) is 41.6 Å². The molecule has 0 bridgehead atoms. The van der Waals surface area contributed by atoms with Crippen molar-refractivity contribution in [1.82, 2.24) is 5.32 Å². The van der Waals surface area contributed by atoms with Crippen LogP contribution in [0.5, 0.6) is 0 Å². The Bertz CT molecular complexity index is 759. The van der Waals surface area contributed by atoms with Crippen molar-refractivity contribution in [3.05, 3.63) is 65.7 Å². The molecule has 1 aliphatic rings. The predicted molar refractivity (Wildman–Crippen MR) is 107 cm³/mol. The summed E-state index contributed by atoms with van der Waals surface area (Å²) in [5, 5.41) is 5.81. The molecular formula is C22H27N3O2. The molecule has 4 N–H and O–H groups in total. The Hall–Kier alpha value is -2.66. The Balaban J connectivity index is 1.44. The maximum absolute atomic E-state index is 12.2. The van der Waals surface area contributed by atoms with E-state index in [0.29, 0.717) is 24.2 Å². The summed E-state index contributed by atoms with van der Waals surface area (Å²) in [4.78, 5) is 24.4. The standard InChI is InChI=1S/C22H27N3O2/c23-20-8-4-7-18(20)15-21(26)25-19-11-9-17(10-12-19)22(27)24-14-13-16-5-2-1-3-6-16/h1-3,5-6,9-12,18,20H,4,7-8,13-15,23H2,(H,24,27)(H,25,26)/t18-,20+/m0/s1. The van der Waals surface area contributed by atoms with Gasteiger partial charge in [0.25, 0.3) is 5.91 Å². The van der Waals surface area contributed by atoms with Gasteiger partial charge in [-0.3, -0.25) is 9.59 Å². The van der Waals surface area contributed by atoms with Crippen LogP contribution in [-0.2, 0) is 11.2 Å². The molecule has 0 spiro atoms. The van der Waals surface area contributed by atoms with E-state index in [4.69, 9.17) is 5.73 Å². The molecule has 1 saturated carbocycles. The number of anilines is 1. The average Bonchev–Trinajstić information content (AvgIpc) is 3.07. The van der Waals surface area contributed by atoms with E-state index in [1.54, 1.807) is 24.3 Å². The minimum absolute atomic E-state index is 0.0163. The number of nitrogens with one attached hydrogen (secondary N) is 2. The Morgan fingerprint density at radius 3 is 2.41 bits per heavy atom. The Morgan fingerprint density at radius 1 is 1.00 bits per heavy atom. The summed E-state index contributed by atoms with van der Waals surface area (Å²) in [5.74, 6) is 0.151. The summed E-state index contributed by atoms with van der Waals surface area (Å²) in [7, 11) is 0. The van der Waals surface area contributed by atoms with Crippen molar-refractivity contribution in [2.45, 2.75) is 38.1 Å². The fourth-order valence-corrected chi connectivity index (χ4v) is 3.54. The van der Waals surface area contributed by atoms with Crippen LogP contribution in [0.25, 0.3) is 0 Å². The quantitative estimate of drug-likeness (QED) is 0.705. The highest BCUT2D eigenvalue weighted by atomic mass is 16.2. The second-order valence-corrected chi connectivity index (χ2v) is 7.18. The van der Waals surface area contributed by atoms with Crippen LogP contribution in [0.4, 0.5) is 5.69 Å². The molecule has 0 unspecified atom stereocenters. The molecule has 0 heterocycles. The molecule has 2 amide bonds. The third kappa shape index (κ3) is 5.66. The highest BCUT2D eigenvalue weighted by Gasteiger charge is 2.26. The summed E-state index contributed by atoms with van der Waals surface area (Å²) < 4.78 is 0. The van der Waals surface area contributed by atoms with E-state index in [1.165, 1.54) is 5.56 Å². The predicted octanol–water partition coefficient (Wildman–Crippen LogP) is 3.12. The van der Waals surface area contributed by atoms with Gasteiger partial charge in [0.1, 0.15) is 0 Å². The van der Waals surface area contributed by atoms with E-state index >= 15 is 0 Å². The van der Waals surface area contributed by atoms with E-state index < -0.39 is 0 Å². The van der Waals surface area contributed by atoms with Crippen molar-refractivity contribution in [3.8, 4) is 0 Å². The SMILES string of the molecule is N[C@@H]1CCC[C@H]1CC(=O)Nc1ccc(C(=O)NCCc2ccccc2)cc1. The number of carbonyl (C=O) groups excluding carboxylic acids is 2. The number of hydrogen-bond acceptors (Lipinski definition) is 3. The molecular weight excluding hydrogens is 338 g/mol. The minimum Gasteiger partial charge on any atom is -0.352 e. The van der Waals surface area contributed by atoms with Gasteiger partial charge in [0, 0.05) is 30.3 Å². The van der Waals surface area contributed by atoms with Gasteiger partial charge in [-0.2, -0.15) is 0 Å². The lowest BCUT2D eigenvalue weighted by Gasteiger charge is -2.14. The van der Waals surface area contributed by atoms with Crippen molar-refractivity contribution < 1.29 is 9.59 Å². The third-order valence-electron chi connectivity index (χ3n) is 5.14. The molecule has 2 aromatic carbocycles. The van der Waals surface area contributed by atoms with Crippen molar-refractivity contribution in [1.29, 1.82) is 0 Å². The second kappa shape index (κ2) is 9.33. The number of benzene rings is 2. The molecule has 5 heteroatoms. The highest BCUT2D eigenvalue weighted by Crippen LogP contribution is 2.27. The van der Waals surface area contributed by atoms with E-state index in [-0.39, 0.29) is 23.8 Å². The molecule has 0 aromatic heterocycles. The fraction of sp³-hybridized carbons (Fsp3) is 0.364. The maximum atomic E-state index is 12.2. The molecule has 2 atom stereocenters. The Kier molecular flexibility index (Phi) is 6.60. The molecule has 1 fully saturated rings. The zero-order valence-corrected chi connectivity index (χ0v) is 15.5. The van der Waals surface area contributed by atoms with Gasteiger partial charge in [0.2, 0.25) is 5.91 Å². The molecule has 3 rings (SSSR count). The van der Waals surface area contributed by atoms with Crippen molar-refractivity contribution in [2.75, 3.05) is 11.9 Å². The zero-order chi connectivity index (χ0) is 19.1. The molecule has 0 saturated heterocycles. The largest absolute Gasteiger partial charge is 0.352 e. The lowest BCUT2D eigenvalue weighted by Crippen LogP contribution is -2.28. The summed E-state index contributed by atoms with van der Waals surface area (Å²) in [6, 6.07) is 17.2. The summed E-state index contributed by atoms with van der Waals surface area (Å²) in [6.07, 6.45) is 4.39. The summed E-state index contributed by atoms with van der Waals surface area (Å²) in [5.41, 5.74) is 8.50. The first-order chi connectivity index (χ1) is 13.1. The lowest BCUT2D eigenvalue weighted by molar-refractivity contribution is -0.117. The van der Waals surface area contributed by atoms with E-state index in [0.717, 1.165) is 25.7 Å². The normalized spacial score (nSPS) is 18.9. The Labute approximate surface area is 160 Å². The van der Waals surface area contributed by atoms with Gasteiger partial charge < -0.3 is 16.4 Å². The molecule has 5 nitrogen and oxygen atoms in total.